The Labute approximate surface area is 66.7 Å². The molecule has 0 bridgehead atoms. The van der Waals surface area contributed by atoms with Crippen LogP contribution in [0.1, 0.15) is 13.3 Å². The number of nitrogens with one attached hydrogen (secondary N) is 1. The molecule has 0 radical (unpaired) electrons. The van der Waals surface area contributed by atoms with Crippen molar-refractivity contribution in [2.45, 2.75) is 13.3 Å². The van der Waals surface area contributed by atoms with E-state index < -0.39 is 0 Å². The van der Waals surface area contributed by atoms with Crippen molar-refractivity contribution in [1.29, 1.82) is 0 Å². The summed E-state index contributed by atoms with van der Waals surface area (Å²) in [6.45, 7) is 5.49. The number of allylic oxidation sites excluding steroid dienone is 1. The fourth-order valence-corrected chi connectivity index (χ4v) is 0.397. The molecule has 0 spiro atoms. The fourth-order valence-electron chi connectivity index (χ4n) is 0.397. The number of hydrogen-bond acceptors (Lipinski definition) is 2. The smallest absolute Gasteiger partial charge is 0.245 e. The van der Waals surface area contributed by atoms with E-state index in [4.69, 9.17) is 4.74 Å². The Morgan fingerprint density at radius 1 is 1.73 bits per heavy atom. The van der Waals surface area contributed by atoms with E-state index in [1.807, 2.05) is 13.0 Å². The van der Waals surface area contributed by atoms with Crippen LogP contribution in [0.4, 0.5) is 0 Å². The van der Waals surface area contributed by atoms with E-state index in [0.29, 0.717) is 0 Å². The zero-order valence-corrected chi connectivity index (χ0v) is 6.67. The lowest BCUT2D eigenvalue weighted by molar-refractivity contribution is -0.117. The molecule has 0 aliphatic carbocycles. The molecule has 0 aliphatic rings. The lowest BCUT2D eigenvalue weighted by atomic mass is 10.5. The fraction of sp³-hybridized carbons (Fsp3) is 0.375. The lowest BCUT2D eigenvalue weighted by Crippen LogP contribution is -2.22. The van der Waals surface area contributed by atoms with Crippen molar-refractivity contribution < 1.29 is 9.53 Å². The molecule has 0 unspecified atom stereocenters. The van der Waals surface area contributed by atoms with Crippen LogP contribution in [-0.2, 0) is 9.53 Å². The van der Waals surface area contributed by atoms with Crippen molar-refractivity contribution in [2.75, 3.05) is 6.73 Å². The maximum Gasteiger partial charge on any atom is 0.245 e. The van der Waals surface area contributed by atoms with Crippen LogP contribution in [0.2, 0.25) is 0 Å². The van der Waals surface area contributed by atoms with Crippen molar-refractivity contribution in [1.82, 2.24) is 5.32 Å². The quantitative estimate of drug-likeness (QED) is 0.280. The average Bonchev–Trinajstić information content (AvgIpc) is 2.04. The topological polar surface area (TPSA) is 38.3 Å². The maximum absolute atomic E-state index is 10.5. The Morgan fingerprint density at radius 3 is 3.00 bits per heavy atom. The molecule has 62 valence electrons. The van der Waals surface area contributed by atoms with Crippen molar-refractivity contribution in [3.8, 4) is 0 Å². The number of carbonyl (C=O) groups excluding carboxylic acids is 1. The highest BCUT2D eigenvalue weighted by atomic mass is 16.5. The van der Waals surface area contributed by atoms with E-state index in [1.54, 1.807) is 6.26 Å². The van der Waals surface area contributed by atoms with Gasteiger partial charge in [0.2, 0.25) is 5.91 Å². The third-order valence-electron chi connectivity index (χ3n) is 0.943. The number of carbonyl (C=O) groups is 1. The molecule has 0 heterocycles. The van der Waals surface area contributed by atoms with Gasteiger partial charge in [0, 0.05) is 0 Å². The molecule has 0 saturated heterocycles. The predicted octanol–water partition coefficient (Wildman–Crippen LogP) is 1.19. The molecule has 0 rings (SSSR count). The summed E-state index contributed by atoms with van der Waals surface area (Å²) in [5.74, 6) is -0.227. The van der Waals surface area contributed by atoms with E-state index in [1.165, 1.54) is 6.08 Å². The van der Waals surface area contributed by atoms with Gasteiger partial charge in [0.25, 0.3) is 0 Å². The predicted molar refractivity (Wildman–Crippen MR) is 43.7 cm³/mol. The first-order valence-corrected chi connectivity index (χ1v) is 3.48. The van der Waals surface area contributed by atoms with Crippen LogP contribution in [0.5, 0.6) is 0 Å². The molecule has 0 aromatic heterocycles. The minimum absolute atomic E-state index is 0.196. The van der Waals surface area contributed by atoms with Crippen LogP contribution in [0.15, 0.2) is 25.0 Å². The van der Waals surface area contributed by atoms with Crippen LogP contribution < -0.4 is 5.32 Å². The molecule has 0 atom stereocenters. The summed E-state index contributed by atoms with van der Waals surface area (Å²) >= 11 is 0. The van der Waals surface area contributed by atoms with E-state index in [-0.39, 0.29) is 12.6 Å². The van der Waals surface area contributed by atoms with Gasteiger partial charge in [-0.05, 0) is 12.5 Å². The summed E-state index contributed by atoms with van der Waals surface area (Å²) in [4.78, 5) is 10.5. The largest absolute Gasteiger partial charge is 0.481 e. The molecule has 0 saturated carbocycles. The van der Waals surface area contributed by atoms with E-state index in [2.05, 4.69) is 11.9 Å². The molecular weight excluding hydrogens is 142 g/mol. The molecule has 0 fully saturated rings. The van der Waals surface area contributed by atoms with Crippen LogP contribution in [0.25, 0.3) is 0 Å². The first kappa shape index (κ1) is 9.75. The van der Waals surface area contributed by atoms with Crippen molar-refractivity contribution in [3.05, 3.63) is 25.0 Å². The number of ether oxygens (including phenoxy) is 1. The minimum Gasteiger partial charge on any atom is -0.481 e. The summed E-state index contributed by atoms with van der Waals surface area (Å²) in [6, 6.07) is 0. The first-order chi connectivity index (χ1) is 5.31. The Hall–Kier alpha value is -1.25. The second-order valence-corrected chi connectivity index (χ2v) is 1.84. The van der Waals surface area contributed by atoms with E-state index in [0.717, 1.165) is 6.42 Å². The molecule has 0 aliphatic heterocycles. The van der Waals surface area contributed by atoms with Crippen molar-refractivity contribution in [2.24, 2.45) is 0 Å². The van der Waals surface area contributed by atoms with Crippen molar-refractivity contribution >= 4 is 5.91 Å². The molecule has 1 amide bonds. The molecule has 0 aromatic carbocycles. The molecule has 3 heteroatoms. The maximum atomic E-state index is 10.5. The van der Waals surface area contributed by atoms with Gasteiger partial charge in [-0.25, -0.2) is 0 Å². The second kappa shape index (κ2) is 6.86. The van der Waals surface area contributed by atoms with Gasteiger partial charge >= 0.3 is 0 Å². The summed E-state index contributed by atoms with van der Waals surface area (Å²) in [5, 5.41) is 2.46. The van der Waals surface area contributed by atoms with Gasteiger partial charge in [-0.2, -0.15) is 0 Å². The number of amides is 1. The highest BCUT2D eigenvalue weighted by Gasteiger charge is 1.88. The molecule has 3 nitrogen and oxygen atoms in total. The third-order valence-corrected chi connectivity index (χ3v) is 0.943. The van der Waals surface area contributed by atoms with Gasteiger partial charge in [-0.15, -0.1) is 0 Å². The summed E-state index contributed by atoms with van der Waals surface area (Å²) in [7, 11) is 0. The third kappa shape index (κ3) is 6.64. The monoisotopic (exact) mass is 155 g/mol. The van der Waals surface area contributed by atoms with Gasteiger partial charge in [-0.1, -0.05) is 19.6 Å². The van der Waals surface area contributed by atoms with Crippen LogP contribution in [0.3, 0.4) is 0 Å². The highest BCUT2D eigenvalue weighted by molar-refractivity contribution is 5.86. The SMILES string of the molecule is C=CC(=O)NCOC=CCC. The first-order valence-electron chi connectivity index (χ1n) is 3.48. The lowest BCUT2D eigenvalue weighted by Gasteiger charge is -1.99. The zero-order valence-electron chi connectivity index (χ0n) is 6.67. The molecular formula is C8H13NO2. The van der Waals surface area contributed by atoms with Gasteiger partial charge in [0.15, 0.2) is 6.73 Å². The van der Waals surface area contributed by atoms with Crippen LogP contribution in [-0.4, -0.2) is 12.6 Å². The minimum atomic E-state index is -0.227. The van der Waals surface area contributed by atoms with Crippen molar-refractivity contribution in [3.63, 3.8) is 0 Å². The molecule has 1 N–H and O–H groups in total. The van der Waals surface area contributed by atoms with Gasteiger partial charge in [-0.3, -0.25) is 4.79 Å². The van der Waals surface area contributed by atoms with E-state index >= 15 is 0 Å². The number of rotatable bonds is 5. The van der Waals surface area contributed by atoms with Gasteiger partial charge in [0.05, 0.1) is 6.26 Å². The second-order valence-electron chi connectivity index (χ2n) is 1.84. The highest BCUT2D eigenvalue weighted by Crippen LogP contribution is 1.80. The van der Waals surface area contributed by atoms with Gasteiger partial charge < -0.3 is 10.1 Å². The Bertz CT molecular complexity index is 152. The summed E-state index contributed by atoms with van der Waals surface area (Å²) < 4.78 is 4.89. The summed E-state index contributed by atoms with van der Waals surface area (Å²) in [5.41, 5.74) is 0. The standard InChI is InChI=1S/C8H13NO2/c1-3-5-6-11-7-9-8(10)4-2/h4-6H,2-3,7H2,1H3,(H,9,10). The average molecular weight is 155 g/mol. The molecule has 0 aromatic rings. The Balaban J connectivity index is 3.20. The van der Waals surface area contributed by atoms with Crippen LogP contribution >= 0.6 is 0 Å². The molecule has 11 heavy (non-hydrogen) atoms. The van der Waals surface area contributed by atoms with Gasteiger partial charge in [0.1, 0.15) is 0 Å². The number of hydrogen-bond donors (Lipinski definition) is 1. The summed E-state index contributed by atoms with van der Waals surface area (Å²) in [6.07, 6.45) is 5.55. The Morgan fingerprint density at radius 2 is 2.45 bits per heavy atom. The Kier molecular flexibility index (Phi) is 6.08. The van der Waals surface area contributed by atoms with E-state index in [9.17, 15) is 4.79 Å². The normalized spacial score (nSPS) is 9.55. The zero-order chi connectivity index (χ0) is 8.53. The van der Waals surface area contributed by atoms with Crippen LogP contribution in [0, 0.1) is 0 Å².